The molecule has 3 aromatic rings. The molecule has 0 heterocycles. The summed E-state index contributed by atoms with van der Waals surface area (Å²) in [7, 11) is 0. The van der Waals surface area contributed by atoms with Gasteiger partial charge < -0.3 is 14.8 Å². The first-order chi connectivity index (χ1) is 14.0. The summed E-state index contributed by atoms with van der Waals surface area (Å²) in [6.07, 6.45) is 0. The van der Waals surface area contributed by atoms with E-state index in [4.69, 9.17) is 55.9 Å². The Morgan fingerprint density at radius 1 is 0.759 bits per heavy atom. The lowest BCUT2D eigenvalue weighted by Crippen LogP contribution is -2.04. The molecule has 1 N–H and O–H groups in total. The third kappa shape index (κ3) is 6.10. The fraction of sp³-hybridized carbons (Fsp3) is 0.182. The molecule has 0 unspecified atom stereocenters. The Kier molecular flexibility index (Phi) is 7.79. The number of rotatable bonds is 8. The summed E-state index contributed by atoms with van der Waals surface area (Å²) in [6, 6.07) is 16.6. The second-order valence-corrected chi connectivity index (χ2v) is 7.89. The molecule has 0 saturated heterocycles. The summed E-state index contributed by atoms with van der Waals surface area (Å²) in [4.78, 5) is 0. The van der Waals surface area contributed by atoms with Gasteiger partial charge in [-0.05, 0) is 60.5 Å². The van der Waals surface area contributed by atoms with E-state index >= 15 is 0 Å². The zero-order valence-corrected chi connectivity index (χ0v) is 18.7. The van der Waals surface area contributed by atoms with Crippen molar-refractivity contribution in [2.75, 3.05) is 11.9 Å². The van der Waals surface area contributed by atoms with Crippen molar-refractivity contribution >= 4 is 52.1 Å². The van der Waals surface area contributed by atoms with E-state index < -0.39 is 0 Å². The van der Waals surface area contributed by atoms with Crippen molar-refractivity contribution in [3.63, 3.8) is 0 Å². The second-order valence-electron chi connectivity index (χ2n) is 6.24. The Morgan fingerprint density at radius 2 is 1.52 bits per heavy atom. The van der Waals surface area contributed by atoms with Crippen molar-refractivity contribution in [1.29, 1.82) is 0 Å². The van der Waals surface area contributed by atoms with E-state index in [9.17, 15) is 0 Å². The zero-order valence-electron chi connectivity index (χ0n) is 15.6. The summed E-state index contributed by atoms with van der Waals surface area (Å²) >= 11 is 24.4. The fourth-order valence-corrected chi connectivity index (χ4v) is 3.38. The molecule has 3 rings (SSSR count). The zero-order chi connectivity index (χ0) is 20.8. The number of anilines is 1. The van der Waals surface area contributed by atoms with Gasteiger partial charge in [-0.15, -0.1) is 0 Å². The first kappa shape index (κ1) is 21.9. The minimum atomic E-state index is 0.359. The van der Waals surface area contributed by atoms with Crippen LogP contribution in [0.2, 0.25) is 20.1 Å². The van der Waals surface area contributed by atoms with E-state index in [0.717, 1.165) is 16.8 Å². The summed E-state index contributed by atoms with van der Waals surface area (Å²) in [5.41, 5.74) is 2.79. The van der Waals surface area contributed by atoms with Crippen LogP contribution < -0.4 is 14.8 Å². The normalized spacial score (nSPS) is 10.7. The maximum atomic E-state index is 6.50. The van der Waals surface area contributed by atoms with Crippen LogP contribution in [0.5, 0.6) is 11.5 Å². The van der Waals surface area contributed by atoms with Crippen LogP contribution in [0.15, 0.2) is 54.6 Å². The van der Waals surface area contributed by atoms with Gasteiger partial charge in [0.15, 0.2) is 11.5 Å². The van der Waals surface area contributed by atoms with Gasteiger partial charge in [0.25, 0.3) is 0 Å². The largest absolute Gasteiger partial charge is 0.490 e. The standard InChI is InChI=1S/C22H19Cl4NO2/c1-2-28-21-10-15(12-27-17-7-8-18(24)19(25)11-17)9-20(26)22(21)29-13-14-3-5-16(23)6-4-14/h3-11,27H,2,12-13H2,1H3. The summed E-state index contributed by atoms with van der Waals surface area (Å²) in [5, 5.41) is 5.47. The van der Waals surface area contributed by atoms with Gasteiger partial charge in [0.2, 0.25) is 0 Å². The van der Waals surface area contributed by atoms with Crippen LogP contribution in [0.25, 0.3) is 0 Å². The van der Waals surface area contributed by atoms with E-state index in [1.165, 1.54) is 0 Å². The van der Waals surface area contributed by atoms with Gasteiger partial charge in [-0.1, -0.05) is 58.5 Å². The average molecular weight is 471 g/mol. The van der Waals surface area contributed by atoms with Crippen LogP contribution in [-0.2, 0) is 13.2 Å². The molecule has 152 valence electrons. The quantitative estimate of drug-likeness (QED) is 0.363. The molecule has 0 spiro atoms. The SMILES string of the molecule is CCOc1cc(CNc2ccc(Cl)c(Cl)c2)cc(Cl)c1OCc1ccc(Cl)cc1. The molecule has 0 aliphatic carbocycles. The van der Waals surface area contributed by atoms with Crippen LogP contribution in [0.4, 0.5) is 5.69 Å². The van der Waals surface area contributed by atoms with Crippen molar-refractivity contribution in [1.82, 2.24) is 0 Å². The molecule has 0 saturated carbocycles. The molecule has 0 radical (unpaired) electrons. The van der Waals surface area contributed by atoms with Crippen LogP contribution in [0.3, 0.4) is 0 Å². The van der Waals surface area contributed by atoms with Gasteiger partial charge in [0, 0.05) is 17.3 Å². The summed E-state index contributed by atoms with van der Waals surface area (Å²) in [5.74, 6) is 1.11. The Bertz CT molecular complexity index is 977. The molecule has 0 aliphatic heterocycles. The van der Waals surface area contributed by atoms with Crippen LogP contribution in [0, 0.1) is 0 Å². The Balaban J connectivity index is 1.74. The molecule has 3 nitrogen and oxygen atoms in total. The van der Waals surface area contributed by atoms with Gasteiger partial charge in [-0.2, -0.15) is 0 Å². The smallest absolute Gasteiger partial charge is 0.180 e. The van der Waals surface area contributed by atoms with Gasteiger partial charge in [0.1, 0.15) is 6.61 Å². The minimum Gasteiger partial charge on any atom is -0.490 e. The monoisotopic (exact) mass is 469 g/mol. The Labute approximate surface area is 190 Å². The lowest BCUT2D eigenvalue weighted by molar-refractivity contribution is 0.269. The molecule has 0 fully saturated rings. The number of ether oxygens (including phenoxy) is 2. The van der Waals surface area contributed by atoms with E-state index in [0.29, 0.717) is 51.3 Å². The number of hydrogen-bond donors (Lipinski definition) is 1. The van der Waals surface area contributed by atoms with E-state index in [1.807, 2.05) is 49.4 Å². The van der Waals surface area contributed by atoms with E-state index in [-0.39, 0.29) is 0 Å². The van der Waals surface area contributed by atoms with Crippen LogP contribution in [0.1, 0.15) is 18.1 Å². The van der Waals surface area contributed by atoms with Crippen molar-refractivity contribution in [3.8, 4) is 11.5 Å². The molecular formula is C22H19Cl4NO2. The predicted octanol–water partition coefficient (Wildman–Crippen LogP) is 7.89. The number of nitrogens with one attached hydrogen (secondary N) is 1. The van der Waals surface area contributed by atoms with Crippen molar-refractivity contribution in [3.05, 3.63) is 85.8 Å². The van der Waals surface area contributed by atoms with Gasteiger partial charge >= 0.3 is 0 Å². The number of hydrogen-bond acceptors (Lipinski definition) is 3. The second kappa shape index (κ2) is 10.3. The van der Waals surface area contributed by atoms with E-state index in [1.54, 1.807) is 12.1 Å². The number of benzene rings is 3. The third-order valence-corrected chi connectivity index (χ3v) is 5.35. The molecule has 0 amide bonds. The van der Waals surface area contributed by atoms with Crippen molar-refractivity contribution < 1.29 is 9.47 Å². The molecular weight excluding hydrogens is 452 g/mol. The Hall–Kier alpha value is -1.78. The maximum absolute atomic E-state index is 6.50. The van der Waals surface area contributed by atoms with Crippen LogP contribution in [-0.4, -0.2) is 6.61 Å². The first-order valence-electron chi connectivity index (χ1n) is 8.97. The van der Waals surface area contributed by atoms with Gasteiger partial charge in [-0.3, -0.25) is 0 Å². The molecule has 3 aromatic carbocycles. The highest BCUT2D eigenvalue weighted by atomic mass is 35.5. The maximum Gasteiger partial charge on any atom is 0.180 e. The number of halogens is 4. The topological polar surface area (TPSA) is 30.5 Å². The average Bonchev–Trinajstić information content (AvgIpc) is 2.70. The molecule has 0 bridgehead atoms. The molecule has 7 heteroatoms. The molecule has 0 aromatic heterocycles. The van der Waals surface area contributed by atoms with E-state index in [2.05, 4.69) is 5.32 Å². The lowest BCUT2D eigenvalue weighted by Gasteiger charge is -2.16. The third-order valence-electron chi connectivity index (χ3n) is 4.08. The highest BCUT2D eigenvalue weighted by molar-refractivity contribution is 6.42. The van der Waals surface area contributed by atoms with Crippen LogP contribution >= 0.6 is 46.4 Å². The molecule has 0 atom stereocenters. The first-order valence-corrected chi connectivity index (χ1v) is 10.5. The van der Waals surface area contributed by atoms with Gasteiger partial charge in [0.05, 0.1) is 21.7 Å². The lowest BCUT2D eigenvalue weighted by atomic mass is 10.2. The fourth-order valence-electron chi connectivity index (χ4n) is 2.67. The molecule has 0 aliphatic rings. The van der Waals surface area contributed by atoms with Crippen molar-refractivity contribution in [2.24, 2.45) is 0 Å². The highest BCUT2D eigenvalue weighted by Gasteiger charge is 2.13. The summed E-state index contributed by atoms with van der Waals surface area (Å²) in [6.45, 7) is 3.31. The Morgan fingerprint density at radius 3 is 2.21 bits per heavy atom. The summed E-state index contributed by atoms with van der Waals surface area (Å²) < 4.78 is 11.7. The predicted molar refractivity (Wildman–Crippen MR) is 122 cm³/mol. The molecule has 29 heavy (non-hydrogen) atoms. The highest BCUT2D eigenvalue weighted by Crippen LogP contribution is 2.37. The van der Waals surface area contributed by atoms with Gasteiger partial charge in [-0.25, -0.2) is 0 Å². The van der Waals surface area contributed by atoms with Crippen molar-refractivity contribution in [2.45, 2.75) is 20.1 Å². The minimum absolute atomic E-state index is 0.359.